The van der Waals surface area contributed by atoms with Gasteiger partial charge in [-0.1, -0.05) is 35.9 Å². The van der Waals surface area contributed by atoms with E-state index in [1.807, 2.05) is 31.2 Å². The largest absolute Gasteiger partial charge is 0.375 e. The number of hydrogen-bond acceptors (Lipinski definition) is 6. The first kappa shape index (κ1) is 22.2. The Kier molecular flexibility index (Phi) is 6.77. The van der Waals surface area contributed by atoms with Gasteiger partial charge in [-0.15, -0.1) is 0 Å². The first-order valence-corrected chi connectivity index (χ1v) is 12.0. The Hall–Kier alpha value is -2.45. The molecule has 3 rings (SSSR count). The van der Waals surface area contributed by atoms with Gasteiger partial charge in [-0.05, 0) is 44.2 Å². The molecule has 1 aliphatic rings. The molecule has 0 bridgehead atoms. The van der Waals surface area contributed by atoms with E-state index in [4.69, 9.17) is 11.6 Å². The number of hydrogen-bond donors (Lipinski definition) is 2. The molecule has 1 fully saturated rings. The van der Waals surface area contributed by atoms with Gasteiger partial charge in [0.1, 0.15) is 0 Å². The van der Waals surface area contributed by atoms with E-state index >= 15 is 0 Å². The molecule has 0 radical (unpaired) electrons. The minimum absolute atomic E-state index is 0.0263. The van der Waals surface area contributed by atoms with Crippen LogP contribution >= 0.6 is 11.6 Å². The number of nitrogens with one attached hydrogen (secondary N) is 2. The quantitative estimate of drug-likeness (QED) is 0.638. The SMILES string of the molecule is Cc1nc(C(=O)N[C@H](C)/C=C/S(C)(=O)=O)ncc1N[C@@H](c1ccccc1Cl)C1CC1. The van der Waals surface area contributed by atoms with Gasteiger partial charge in [-0.25, -0.2) is 18.4 Å². The molecule has 7 nitrogen and oxygen atoms in total. The second-order valence-electron chi connectivity index (χ2n) is 7.59. The third-order valence-electron chi connectivity index (χ3n) is 4.80. The highest BCUT2D eigenvalue weighted by Crippen LogP contribution is 2.44. The summed E-state index contributed by atoms with van der Waals surface area (Å²) >= 11 is 6.40. The van der Waals surface area contributed by atoms with Crippen molar-refractivity contribution in [2.45, 2.75) is 38.8 Å². The number of benzene rings is 1. The molecule has 1 aromatic heterocycles. The van der Waals surface area contributed by atoms with Gasteiger partial charge < -0.3 is 10.6 Å². The highest BCUT2D eigenvalue weighted by atomic mass is 35.5. The van der Waals surface area contributed by atoms with E-state index in [1.54, 1.807) is 13.1 Å². The van der Waals surface area contributed by atoms with Crippen LogP contribution in [0.25, 0.3) is 0 Å². The number of carbonyl (C=O) groups is 1. The number of sulfone groups is 1. The van der Waals surface area contributed by atoms with Crippen LogP contribution < -0.4 is 10.6 Å². The lowest BCUT2D eigenvalue weighted by Crippen LogP contribution is -2.32. The van der Waals surface area contributed by atoms with Crippen molar-refractivity contribution in [2.75, 3.05) is 11.6 Å². The zero-order valence-corrected chi connectivity index (χ0v) is 18.7. The van der Waals surface area contributed by atoms with Crippen molar-refractivity contribution < 1.29 is 13.2 Å². The van der Waals surface area contributed by atoms with Crippen LogP contribution in [0.2, 0.25) is 5.02 Å². The fraction of sp³-hybridized carbons (Fsp3) is 0.381. The average Bonchev–Trinajstić information content (AvgIpc) is 3.51. The van der Waals surface area contributed by atoms with Crippen LogP contribution in [0.4, 0.5) is 5.69 Å². The molecule has 9 heteroatoms. The Bertz CT molecular complexity index is 1070. The average molecular weight is 449 g/mol. The lowest BCUT2D eigenvalue weighted by atomic mass is 10.0. The molecule has 30 heavy (non-hydrogen) atoms. The predicted octanol–water partition coefficient (Wildman–Crippen LogP) is 3.68. The van der Waals surface area contributed by atoms with Gasteiger partial charge in [-0.3, -0.25) is 4.79 Å². The number of anilines is 1. The van der Waals surface area contributed by atoms with E-state index in [-0.39, 0.29) is 11.9 Å². The van der Waals surface area contributed by atoms with Gasteiger partial charge in [0.25, 0.3) is 5.91 Å². The molecular weight excluding hydrogens is 424 g/mol. The zero-order chi connectivity index (χ0) is 21.9. The van der Waals surface area contributed by atoms with Crippen molar-refractivity contribution in [3.63, 3.8) is 0 Å². The summed E-state index contributed by atoms with van der Waals surface area (Å²) in [5, 5.41) is 7.93. The van der Waals surface area contributed by atoms with Crippen molar-refractivity contribution in [3.8, 4) is 0 Å². The molecule has 0 aliphatic heterocycles. The standard InChI is InChI=1S/C21H25ClN4O3S/c1-13(10-11-30(3,28)29)24-21(27)20-23-12-18(14(2)25-20)26-19(15-8-9-15)16-6-4-5-7-17(16)22/h4-7,10-13,15,19,26H,8-9H2,1-3H3,(H,24,27)/b11-10+/t13-,19-/m1/s1. The highest BCUT2D eigenvalue weighted by molar-refractivity contribution is 7.93. The second-order valence-corrected chi connectivity index (χ2v) is 9.93. The predicted molar refractivity (Wildman–Crippen MR) is 118 cm³/mol. The van der Waals surface area contributed by atoms with Crippen LogP contribution in [0.15, 0.2) is 41.9 Å². The van der Waals surface area contributed by atoms with Crippen LogP contribution in [0, 0.1) is 12.8 Å². The summed E-state index contributed by atoms with van der Waals surface area (Å²) in [6.45, 7) is 3.48. The molecule has 0 spiro atoms. The Morgan fingerprint density at radius 2 is 2.00 bits per heavy atom. The minimum atomic E-state index is -3.25. The summed E-state index contributed by atoms with van der Waals surface area (Å²) in [6, 6.07) is 7.35. The maximum Gasteiger partial charge on any atom is 0.289 e. The molecule has 160 valence electrons. The summed E-state index contributed by atoms with van der Waals surface area (Å²) in [5.74, 6) is 0.0493. The normalized spacial score (nSPS) is 16.3. The summed E-state index contributed by atoms with van der Waals surface area (Å²) in [7, 11) is -3.25. The Morgan fingerprint density at radius 1 is 1.30 bits per heavy atom. The number of halogens is 1. The van der Waals surface area contributed by atoms with E-state index in [0.717, 1.165) is 35.8 Å². The smallest absolute Gasteiger partial charge is 0.289 e. The third kappa shape index (κ3) is 6.03. The summed E-state index contributed by atoms with van der Waals surface area (Å²) in [4.78, 5) is 20.9. The van der Waals surface area contributed by atoms with E-state index in [1.165, 1.54) is 6.08 Å². The lowest BCUT2D eigenvalue weighted by Gasteiger charge is -2.22. The Labute approximate surface area is 181 Å². The fourth-order valence-electron chi connectivity index (χ4n) is 3.07. The topological polar surface area (TPSA) is 101 Å². The van der Waals surface area contributed by atoms with Gasteiger partial charge in [0.2, 0.25) is 5.82 Å². The summed E-state index contributed by atoms with van der Waals surface area (Å²) < 4.78 is 22.4. The van der Waals surface area contributed by atoms with Gasteiger partial charge in [0, 0.05) is 22.7 Å². The zero-order valence-electron chi connectivity index (χ0n) is 17.1. The van der Waals surface area contributed by atoms with E-state index in [2.05, 4.69) is 20.6 Å². The number of aryl methyl sites for hydroxylation is 1. The van der Waals surface area contributed by atoms with Crippen molar-refractivity contribution in [2.24, 2.45) is 5.92 Å². The molecule has 2 aromatic rings. The third-order valence-corrected chi connectivity index (χ3v) is 5.80. The van der Waals surface area contributed by atoms with Gasteiger partial charge in [0.05, 0.1) is 23.6 Å². The monoisotopic (exact) mass is 448 g/mol. The number of rotatable bonds is 8. The van der Waals surface area contributed by atoms with Crippen molar-refractivity contribution >= 4 is 33.0 Å². The second kappa shape index (κ2) is 9.14. The number of carbonyl (C=O) groups excluding carboxylic acids is 1. The molecule has 1 aliphatic carbocycles. The van der Waals surface area contributed by atoms with Gasteiger partial charge in [0.15, 0.2) is 9.84 Å². The maximum absolute atomic E-state index is 12.4. The Balaban J connectivity index is 1.72. The molecular formula is C21H25ClN4O3S. The Morgan fingerprint density at radius 3 is 2.60 bits per heavy atom. The van der Waals surface area contributed by atoms with Crippen LogP contribution in [0.5, 0.6) is 0 Å². The minimum Gasteiger partial charge on any atom is -0.375 e. The highest BCUT2D eigenvalue weighted by Gasteiger charge is 2.33. The molecule has 1 amide bonds. The number of aromatic nitrogens is 2. The van der Waals surface area contributed by atoms with Crippen LogP contribution in [0.3, 0.4) is 0 Å². The molecule has 0 saturated heterocycles. The number of amides is 1. The molecule has 0 unspecified atom stereocenters. The first-order chi connectivity index (χ1) is 14.1. The molecule has 1 heterocycles. The van der Waals surface area contributed by atoms with E-state index < -0.39 is 21.8 Å². The molecule has 2 N–H and O–H groups in total. The molecule has 1 saturated carbocycles. The van der Waals surface area contributed by atoms with Crippen molar-refractivity contribution in [1.82, 2.24) is 15.3 Å². The summed E-state index contributed by atoms with van der Waals surface area (Å²) in [6.07, 6.45) is 6.35. The van der Waals surface area contributed by atoms with Crippen molar-refractivity contribution in [3.05, 3.63) is 64.1 Å². The van der Waals surface area contributed by atoms with Crippen LogP contribution in [-0.4, -0.2) is 36.6 Å². The van der Waals surface area contributed by atoms with Gasteiger partial charge in [-0.2, -0.15) is 0 Å². The maximum atomic E-state index is 12.4. The molecule has 1 aromatic carbocycles. The van der Waals surface area contributed by atoms with Crippen LogP contribution in [0.1, 0.15) is 47.7 Å². The first-order valence-electron chi connectivity index (χ1n) is 9.68. The van der Waals surface area contributed by atoms with E-state index in [0.29, 0.717) is 16.6 Å². The van der Waals surface area contributed by atoms with Crippen LogP contribution in [-0.2, 0) is 9.84 Å². The van der Waals surface area contributed by atoms with E-state index in [9.17, 15) is 13.2 Å². The van der Waals surface area contributed by atoms with Crippen molar-refractivity contribution in [1.29, 1.82) is 0 Å². The number of nitrogens with zero attached hydrogens (tertiary/aromatic N) is 2. The van der Waals surface area contributed by atoms with Gasteiger partial charge >= 0.3 is 0 Å². The molecule has 2 atom stereocenters. The lowest BCUT2D eigenvalue weighted by molar-refractivity contribution is 0.0936. The summed E-state index contributed by atoms with van der Waals surface area (Å²) in [5.41, 5.74) is 2.43. The fourth-order valence-corrected chi connectivity index (χ4v) is 3.85.